The number of rotatable bonds is 7. The number of nitrogens with one attached hydrogen (secondary N) is 1. The van der Waals surface area contributed by atoms with Gasteiger partial charge < -0.3 is 16.8 Å². The summed E-state index contributed by atoms with van der Waals surface area (Å²) < 4.78 is 0. The fraction of sp³-hybridized carbons (Fsp3) is 0.714. The molecule has 0 amide bonds. The van der Waals surface area contributed by atoms with Crippen LogP contribution in [0.1, 0.15) is 12.8 Å². The number of guanidine groups is 1. The Balaban J connectivity index is 3.96. The lowest BCUT2D eigenvalue weighted by atomic mass is 10.1. The van der Waals surface area contributed by atoms with Gasteiger partial charge in [-0.25, -0.2) is 4.84 Å². The maximum atomic E-state index is 11.1. The number of nitrogens with zero attached hydrogens (tertiary/aromatic N) is 2. The van der Waals surface area contributed by atoms with Crippen molar-refractivity contribution in [1.29, 1.82) is 0 Å². The zero-order valence-corrected chi connectivity index (χ0v) is 8.88. The third-order valence-corrected chi connectivity index (χ3v) is 1.74. The van der Waals surface area contributed by atoms with Crippen LogP contribution in [0.15, 0.2) is 4.99 Å². The van der Waals surface area contributed by atoms with Crippen molar-refractivity contribution in [3.63, 3.8) is 0 Å². The standard InChI is InChI=1S/C7H15N5O4/c1-10-5(6(13)16-12(14)15)3-2-4-11-7(8)9/h5,10H,2-4H2,1H3,(H4,8,9,11)/t5-/m0/s1. The SMILES string of the molecule is CN[C@@H](CCCN=C(N)N)C(=O)O[N+](=O)[O-]. The molecule has 0 radical (unpaired) electrons. The first kappa shape index (κ1) is 14.1. The Labute approximate surface area is 91.9 Å². The second-order valence-corrected chi connectivity index (χ2v) is 2.92. The van der Waals surface area contributed by atoms with E-state index in [0.717, 1.165) is 0 Å². The first-order valence-electron chi connectivity index (χ1n) is 4.56. The monoisotopic (exact) mass is 233 g/mol. The summed E-state index contributed by atoms with van der Waals surface area (Å²) in [5, 5.41) is 11.4. The predicted molar refractivity (Wildman–Crippen MR) is 55.8 cm³/mol. The lowest BCUT2D eigenvalue weighted by Crippen LogP contribution is -2.36. The Hall–Kier alpha value is -1.90. The smallest absolute Gasteiger partial charge is 0.320 e. The molecule has 0 aliphatic heterocycles. The number of likely N-dealkylation sites (N-methyl/N-ethyl adjacent to an activating group) is 1. The minimum atomic E-state index is -1.14. The molecule has 5 N–H and O–H groups in total. The molecule has 9 heteroatoms. The summed E-state index contributed by atoms with van der Waals surface area (Å²) >= 11 is 0. The van der Waals surface area contributed by atoms with E-state index in [2.05, 4.69) is 15.1 Å². The van der Waals surface area contributed by atoms with Crippen LogP contribution >= 0.6 is 0 Å². The Morgan fingerprint density at radius 1 is 1.62 bits per heavy atom. The molecule has 0 bridgehead atoms. The van der Waals surface area contributed by atoms with Crippen LogP contribution in [0.3, 0.4) is 0 Å². The van der Waals surface area contributed by atoms with Gasteiger partial charge in [-0.2, -0.15) is 0 Å². The van der Waals surface area contributed by atoms with Crippen LogP contribution in [0.4, 0.5) is 0 Å². The molecule has 0 saturated heterocycles. The third kappa shape index (κ3) is 6.54. The molecular weight excluding hydrogens is 218 g/mol. The summed E-state index contributed by atoms with van der Waals surface area (Å²) in [7, 11) is 1.51. The summed E-state index contributed by atoms with van der Waals surface area (Å²) in [5.74, 6) is -0.967. The van der Waals surface area contributed by atoms with E-state index in [0.29, 0.717) is 19.4 Å². The molecule has 0 saturated carbocycles. The van der Waals surface area contributed by atoms with E-state index in [1.54, 1.807) is 0 Å². The maximum Gasteiger partial charge on any atom is 0.320 e. The van der Waals surface area contributed by atoms with Gasteiger partial charge in [0.1, 0.15) is 0 Å². The average Bonchev–Trinajstić information content (AvgIpc) is 2.16. The highest BCUT2D eigenvalue weighted by atomic mass is 17.0. The highest BCUT2D eigenvalue weighted by Crippen LogP contribution is 2.00. The van der Waals surface area contributed by atoms with Crippen LogP contribution < -0.4 is 16.8 Å². The van der Waals surface area contributed by atoms with Crippen molar-refractivity contribution in [3.8, 4) is 0 Å². The summed E-state index contributed by atoms with van der Waals surface area (Å²) in [6.07, 6.45) is 0.857. The van der Waals surface area contributed by atoms with E-state index in [9.17, 15) is 14.9 Å². The van der Waals surface area contributed by atoms with Gasteiger partial charge in [0.15, 0.2) is 5.96 Å². The van der Waals surface area contributed by atoms with Crippen LogP contribution in [0.2, 0.25) is 0 Å². The number of carbonyl (C=O) groups is 1. The third-order valence-electron chi connectivity index (χ3n) is 1.74. The fourth-order valence-corrected chi connectivity index (χ4v) is 1.02. The first-order valence-corrected chi connectivity index (χ1v) is 4.56. The van der Waals surface area contributed by atoms with Crippen LogP contribution in [0.25, 0.3) is 0 Å². The molecule has 0 aromatic carbocycles. The molecule has 1 atom stereocenters. The molecule has 0 spiro atoms. The number of aliphatic imine (C=N–C) groups is 1. The van der Waals surface area contributed by atoms with E-state index >= 15 is 0 Å². The van der Waals surface area contributed by atoms with E-state index < -0.39 is 17.1 Å². The van der Waals surface area contributed by atoms with Gasteiger partial charge >= 0.3 is 11.1 Å². The van der Waals surface area contributed by atoms with Crippen molar-refractivity contribution in [1.82, 2.24) is 5.32 Å². The number of hydrogen-bond donors (Lipinski definition) is 3. The molecule has 0 fully saturated rings. The molecule has 0 aliphatic rings. The average molecular weight is 233 g/mol. The van der Waals surface area contributed by atoms with Crippen molar-refractivity contribution in [2.24, 2.45) is 16.5 Å². The highest BCUT2D eigenvalue weighted by molar-refractivity contribution is 5.76. The van der Waals surface area contributed by atoms with Crippen molar-refractivity contribution in [3.05, 3.63) is 10.1 Å². The van der Waals surface area contributed by atoms with E-state index in [4.69, 9.17) is 11.5 Å². The lowest BCUT2D eigenvalue weighted by molar-refractivity contribution is -0.730. The van der Waals surface area contributed by atoms with Gasteiger partial charge in [0.25, 0.3) is 0 Å². The van der Waals surface area contributed by atoms with E-state index in [1.165, 1.54) is 7.05 Å². The zero-order valence-electron chi connectivity index (χ0n) is 8.88. The van der Waals surface area contributed by atoms with Gasteiger partial charge in [0.2, 0.25) is 0 Å². The molecule has 9 nitrogen and oxygen atoms in total. The van der Waals surface area contributed by atoms with Crippen molar-refractivity contribution in [2.75, 3.05) is 13.6 Å². The topological polar surface area (TPSA) is 146 Å². The Bertz CT molecular complexity index is 276. The Kier molecular flexibility index (Phi) is 6.52. The quantitative estimate of drug-likeness (QED) is 0.157. The minimum absolute atomic E-state index is 0.0334. The maximum absolute atomic E-state index is 11.1. The van der Waals surface area contributed by atoms with Crippen LogP contribution in [-0.2, 0) is 9.63 Å². The van der Waals surface area contributed by atoms with Gasteiger partial charge in [0.05, 0.1) is 6.04 Å². The largest absolute Gasteiger partial charge is 0.370 e. The summed E-state index contributed by atoms with van der Waals surface area (Å²) in [4.78, 5) is 28.6. The molecule has 0 unspecified atom stereocenters. The van der Waals surface area contributed by atoms with Gasteiger partial charge in [-0.1, -0.05) is 0 Å². The molecule has 0 aliphatic carbocycles. The highest BCUT2D eigenvalue weighted by Gasteiger charge is 2.19. The number of carbonyl (C=O) groups excluding carboxylic acids is 1. The summed E-state index contributed by atoms with van der Waals surface area (Å²) in [5.41, 5.74) is 10.2. The Morgan fingerprint density at radius 3 is 2.69 bits per heavy atom. The minimum Gasteiger partial charge on any atom is -0.370 e. The normalized spacial score (nSPS) is 11.6. The van der Waals surface area contributed by atoms with Crippen LogP contribution in [0.5, 0.6) is 0 Å². The summed E-state index contributed by atoms with van der Waals surface area (Å²) in [6, 6.07) is -0.736. The molecule has 16 heavy (non-hydrogen) atoms. The van der Waals surface area contributed by atoms with E-state index in [-0.39, 0.29) is 5.96 Å². The number of hydrogen-bond acceptors (Lipinski definition) is 6. The number of nitrogens with two attached hydrogens (primary N) is 2. The van der Waals surface area contributed by atoms with Gasteiger partial charge in [-0.15, -0.1) is 10.1 Å². The summed E-state index contributed by atoms with van der Waals surface area (Å²) in [6.45, 7) is 0.353. The predicted octanol–water partition coefficient (Wildman–Crippen LogP) is -1.64. The van der Waals surface area contributed by atoms with E-state index in [1.807, 2.05) is 0 Å². The van der Waals surface area contributed by atoms with Crippen molar-refractivity contribution in [2.45, 2.75) is 18.9 Å². The molecular formula is C7H15N5O4. The first-order chi connectivity index (χ1) is 7.47. The zero-order chi connectivity index (χ0) is 12.6. The van der Waals surface area contributed by atoms with Crippen LogP contribution in [-0.4, -0.2) is 36.6 Å². The molecule has 0 heterocycles. The second-order valence-electron chi connectivity index (χ2n) is 2.92. The second kappa shape index (κ2) is 7.40. The van der Waals surface area contributed by atoms with Crippen molar-refractivity contribution < 1.29 is 14.7 Å². The van der Waals surface area contributed by atoms with Gasteiger partial charge in [-0.3, -0.25) is 9.79 Å². The van der Waals surface area contributed by atoms with Gasteiger partial charge in [-0.05, 0) is 19.9 Å². The Morgan fingerprint density at radius 2 is 2.25 bits per heavy atom. The molecule has 92 valence electrons. The van der Waals surface area contributed by atoms with Crippen LogP contribution in [0, 0.1) is 10.1 Å². The van der Waals surface area contributed by atoms with Crippen molar-refractivity contribution >= 4 is 11.9 Å². The lowest BCUT2D eigenvalue weighted by Gasteiger charge is -2.11. The molecule has 0 rings (SSSR count). The fourth-order valence-electron chi connectivity index (χ4n) is 1.02. The molecule has 0 aromatic rings. The molecule has 0 aromatic heterocycles. The van der Waals surface area contributed by atoms with Gasteiger partial charge in [0, 0.05) is 6.54 Å².